The van der Waals surface area contributed by atoms with E-state index in [1.54, 1.807) is 26.2 Å². The van der Waals surface area contributed by atoms with Gasteiger partial charge in [-0.15, -0.1) is 0 Å². The van der Waals surface area contributed by atoms with E-state index in [-0.39, 0.29) is 65.9 Å². The normalized spacial score (nSPS) is 40.0. The average Bonchev–Trinajstić information content (AvgIpc) is 3.46. The third-order valence-corrected chi connectivity index (χ3v) is 14.6. The molecule has 6 aliphatic rings. The Morgan fingerprint density at radius 2 is 1.75 bits per heavy atom. The lowest BCUT2D eigenvalue weighted by Crippen LogP contribution is -2.62. The Morgan fingerprint density at radius 1 is 1.04 bits per heavy atom. The summed E-state index contributed by atoms with van der Waals surface area (Å²) in [4.78, 5) is 36.9. The second-order valence-corrected chi connectivity index (χ2v) is 20.0. The summed E-state index contributed by atoms with van der Waals surface area (Å²) in [5.41, 5.74) is 0.400. The van der Waals surface area contributed by atoms with Crippen LogP contribution in [0.4, 0.5) is 0 Å². The molecule has 0 aromatic heterocycles. The van der Waals surface area contributed by atoms with Crippen LogP contribution in [0.25, 0.3) is 0 Å². The van der Waals surface area contributed by atoms with Crippen molar-refractivity contribution >= 4 is 11.8 Å². The molecule has 2 amide bonds. The number of ether oxygens (including phenoxy) is 2. The summed E-state index contributed by atoms with van der Waals surface area (Å²) >= 11 is 0. The molecule has 306 valence electrons. The van der Waals surface area contributed by atoms with Crippen LogP contribution in [0.3, 0.4) is 0 Å². The maximum atomic E-state index is 14.3. The number of nitrogens with zero attached hydrogens (tertiary/aromatic N) is 2. The van der Waals surface area contributed by atoms with Gasteiger partial charge in [-0.1, -0.05) is 48.0 Å². The van der Waals surface area contributed by atoms with Crippen LogP contribution in [0.5, 0.6) is 0 Å². The Balaban J connectivity index is 1.29. The molecule has 6 rings (SSSR count). The third kappa shape index (κ3) is 9.45. The van der Waals surface area contributed by atoms with Gasteiger partial charge >= 0.3 is 0 Å². The topological polar surface area (TPSA) is 133 Å². The van der Waals surface area contributed by atoms with Crippen molar-refractivity contribution < 1.29 is 34.1 Å². The fourth-order valence-corrected chi connectivity index (χ4v) is 11.9. The first-order valence-corrected chi connectivity index (χ1v) is 20.9. The van der Waals surface area contributed by atoms with Crippen molar-refractivity contribution in [3.05, 3.63) is 0 Å². The summed E-state index contributed by atoms with van der Waals surface area (Å²) in [5, 5.41) is 30.0. The highest BCUT2D eigenvalue weighted by atomic mass is 16.7. The zero-order valence-electron chi connectivity index (χ0n) is 35.0. The van der Waals surface area contributed by atoms with E-state index < -0.39 is 24.2 Å². The van der Waals surface area contributed by atoms with E-state index in [4.69, 9.17) is 14.3 Å². The number of rotatable bonds is 14. The monoisotopic (exact) mass is 749 g/mol. The number of nitrogens with one attached hydrogen (secondary N) is 2. The SMILES string of the molecule is COC1CCC(C2CCCC(CN3O[C@@H](CO)[C@H]([C@H](C)O)[C@H]3C(=O)N[C@H]3C[C@H]4C[C@@H]([C@@H]3C)C4(C)C)C2OC)CC1C(=O)N[C@H](CN(C)C)CC(C)(C)C. The minimum atomic E-state index is -0.832. The molecule has 11 nitrogen and oxygen atoms in total. The highest BCUT2D eigenvalue weighted by Crippen LogP contribution is 2.61. The fourth-order valence-electron chi connectivity index (χ4n) is 11.9. The Morgan fingerprint density at radius 3 is 2.32 bits per heavy atom. The molecule has 6 fully saturated rings. The van der Waals surface area contributed by atoms with Crippen LogP contribution in [0, 0.1) is 58.2 Å². The molecule has 0 radical (unpaired) electrons. The fraction of sp³-hybridized carbons (Fsp3) is 0.952. The standard InChI is InChI=1S/C42H76N4O7/c1-24-32-18-28(42(32,6)7)19-33(24)44-40(50)37-36(25(2)48)35(23-47)53-46(37)21-27-13-12-14-30(38(27)52-11)26-15-16-34(51-10)31(17-26)39(49)43-29(22-45(8)9)20-41(3,4)5/h24-38,47-48H,12-23H2,1-11H3,(H,43,49)(H,44,50)/t24-,25-,26?,27?,28+,29-,30?,31?,32-,33-,34?,35-,36-,37-,38?/m0/s1. The first-order chi connectivity index (χ1) is 24.9. The van der Waals surface area contributed by atoms with Crippen LogP contribution < -0.4 is 10.6 Å². The van der Waals surface area contributed by atoms with Crippen molar-refractivity contribution in [2.24, 2.45) is 58.2 Å². The average molecular weight is 749 g/mol. The minimum Gasteiger partial charge on any atom is -0.394 e. The molecular weight excluding hydrogens is 672 g/mol. The smallest absolute Gasteiger partial charge is 0.240 e. The van der Waals surface area contributed by atoms with Crippen LogP contribution >= 0.6 is 0 Å². The second-order valence-electron chi connectivity index (χ2n) is 20.0. The highest BCUT2D eigenvalue weighted by Gasteiger charge is 2.58. The Kier molecular flexibility index (Phi) is 14.1. The zero-order chi connectivity index (χ0) is 39.0. The van der Waals surface area contributed by atoms with Crippen LogP contribution in [-0.2, 0) is 23.9 Å². The number of hydrogen-bond donors (Lipinski definition) is 4. The summed E-state index contributed by atoms with van der Waals surface area (Å²) in [6.45, 7) is 16.3. The lowest BCUT2D eigenvalue weighted by Gasteiger charge is -2.62. The van der Waals surface area contributed by atoms with Crippen molar-refractivity contribution in [1.82, 2.24) is 20.6 Å². The van der Waals surface area contributed by atoms with Gasteiger partial charge in [0.2, 0.25) is 11.8 Å². The van der Waals surface area contributed by atoms with E-state index in [2.05, 4.69) is 71.2 Å². The molecule has 0 aromatic rings. The van der Waals surface area contributed by atoms with Gasteiger partial charge in [0.15, 0.2) is 0 Å². The molecular formula is C42H76N4O7. The van der Waals surface area contributed by atoms with Gasteiger partial charge in [-0.3, -0.25) is 14.4 Å². The molecule has 4 N–H and O–H groups in total. The number of amides is 2. The van der Waals surface area contributed by atoms with Crippen LogP contribution in [0.2, 0.25) is 0 Å². The molecule has 1 saturated heterocycles. The number of methoxy groups -OCH3 is 2. The van der Waals surface area contributed by atoms with Gasteiger partial charge in [-0.25, -0.2) is 0 Å². The molecule has 5 aliphatic carbocycles. The summed E-state index contributed by atoms with van der Waals surface area (Å²) in [6, 6.07) is -0.565. The molecule has 53 heavy (non-hydrogen) atoms. The Bertz CT molecular complexity index is 1220. The number of hydroxylamine groups is 2. The van der Waals surface area contributed by atoms with Gasteiger partial charge in [0.05, 0.1) is 30.8 Å². The molecule has 0 aromatic carbocycles. The number of aliphatic hydroxyl groups is 2. The molecule has 2 bridgehead atoms. The van der Waals surface area contributed by atoms with Gasteiger partial charge in [0.1, 0.15) is 12.1 Å². The molecule has 1 heterocycles. The van der Waals surface area contributed by atoms with E-state index in [9.17, 15) is 19.8 Å². The second kappa shape index (κ2) is 17.4. The summed E-state index contributed by atoms with van der Waals surface area (Å²) in [7, 11) is 7.63. The highest BCUT2D eigenvalue weighted by molar-refractivity contribution is 5.83. The maximum Gasteiger partial charge on any atom is 0.240 e. The molecule has 1 aliphatic heterocycles. The number of carbonyl (C=O) groups is 2. The number of carbonyl (C=O) groups excluding carboxylic acids is 2. The van der Waals surface area contributed by atoms with E-state index in [1.165, 1.54) is 6.42 Å². The molecule has 0 spiro atoms. The number of likely N-dealkylation sites (N-methyl/N-ethyl adjacent to an activating group) is 1. The van der Waals surface area contributed by atoms with Gasteiger partial charge in [-0.05, 0) is 113 Å². The van der Waals surface area contributed by atoms with Crippen molar-refractivity contribution in [1.29, 1.82) is 0 Å². The number of fused-ring (bicyclic) bond motifs is 2. The van der Waals surface area contributed by atoms with E-state index >= 15 is 0 Å². The summed E-state index contributed by atoms with van der Waals surface area (Å²) in [6.07, 6.45) is 6.96. The van der Waals surface area contributed by atoms with Gasteiger partial charge in [0, 0.05) is 51.2 Å². The molecule has 11 heteroatoms. The number of hydrogen-bond acceptors (Lipinski definition) is 9. The Hall–Kier alpha value is -1.34. The predicted octanol–water partition coefficient (Wildman–Crippen LogP) is 4.49. The number of aliphatic hydroxyl groups excluding tert-OH is 2. The lowest BCUT2D eigenvalue weighted by molar-refractivity contribution is -0.193. The first kappa shape index (κ1) is 42.8. The van der Waals surface area contributed by atoms with Crippen LogP contribution in [-0.4, -0.2) is 123 Å². The molecule has 6 unspecified atom stereocenters. The minimum absolute atomic E-state index is 0.0545. The third-order valence-electron chi connectivity index (χ3n) is 14.6. The summed E-state index contributed by atoms with van der Waals surface area (Å²) < 4.78 is 12.3. The summed E-state index contributed by atoms with van der Waals surface area (Å²) in [5.74, 6) is 1.42. The van der Waals surface area contributed by atoms with Crippen molar-refractivity contribution in [2.45, 2.75) is 149 Å². The van der Waals surface area contributed by atoms with E-state index in [0.29, 0.717) is 35.6 Å². The van der Waals surface area contributed by atoms with Crippen molar-refractivity contribution in [3.8, 4) is 0 Å². The maximum absolute atomic E-state index is 14.3. The van der Waals surface area contributed by atoms with Crippen molar-refractivity contribution in [3.63, 3.8) is 0 Å². The first-order valence-electron chi connectivity index (χ1n) is 20.9. The van der Waals surface area contributed by atoms with E-state index in [1.807, 2.05) is 0 Å². The molecule has 15 atom stereocenters. The van der Waals surface area contributed by atoms with Crippen LogP contribution in [0.1, 0.15) is 106 Å². The van der Waals surface area contributed by atoms with Crippen LogP contribution in [0.15, 0.2) is 0 Å². The van der Waals surface area contributed by atoms with Gasteiger partial charge in [-0.2, -0.15) is 5.06 Å². The largest absolute Gasteiger partial charge is 0.394 e. The predicted molar refractivity (Wildman–Crippen MR) is 207 cm³/mol. The molecule has 5 saturated carbocycles. The lowest BCUT2D eigenvalue weighted by atomic mass is 9.45. The quantitative estimate of drug-likeness (QED) is 0.203. The zero-order valence-corrected chi connectivity index (χ0v) is 35.0. The van der Waals surface area contributed by atoms with Gasteiger partial charge in [0.25, 0.3) is 0 Å². The van der Waals surface area contributed by atoms with Crippen molar-refractivity contribution in [2.75, 3.05) is 48.0 Å². The van der Waals surface area contributed by atoms with E-state index in [0.717, 1.165) is 57.9 Å². The van der Waals surface area contributed by atoms with Gasteiger partial charge < -0.3 is 35.2 Å². The Labute approximate surface area is 320 Å².